The maximum atomic E-state index is 12.3. The number of terminal acetylenes is 1. The molecular weight excluding hydrogens is 314 g/mol. The Kier molecular flexibility index (Phi) is 3.95. The first-order valence-corrected chi connectivity index (χ1v) is 8.41. The summed E-state index contributed by atoms with van der Waals surface area (Å²) in [4.78, 5) is 12.3. The van der Waals surface area contributed by atoms with Crippen LogP contribution in [0, 0.1) is 12.3 Å². The van der Waals surface area contributed by atoms with E-state index in [0.717, 1.165) is 0 Å². The van der Waals surface area contributed by atoms with Crippen molar-refractivity contribution < 1.29 is 14.3 Å². The first kappa shape index (κ1) is 15.7. The van der Waals surface area contributed by atoms with E-state index in [-0.39, 0.29) is 12.5 Å². The Morgan fingerprint density at radius 3 is 2.40 bits per heavy atom. The fourth-order valence-corrected chi connectivity index (χ4v) is 3.64. The van der Waals surface area contributed by atoms with E-state index in [1.165, 1.54) is 22.3 Å². The van der Waals surface area contributed by atoms with Crippen LogP contribution in [0.1, 0.15) is 23.5 Å². The standard InChI is InChI=1S/C21H19NO3/c1-2-21(11-12-24-14-21)22-20(23)25-13-19-17-9-5-3-7-15(17)16-8-4-6-10-18(16)19/h1,3-10,19H,11-14H2,(H,22,23). The average molecular weight is 333 g/mol. The van der Waals surface area contributed by atoms with Crippen LogP contribution in [0.5, 0.6) is 0 Å². The lowest BCUT2D eigenvalue weighted by Gasteiger charge is -2.23. The van der Waals surface area contributed by atoms with Crippen LogP contribution in [0.15, 0.2) is 48.5 Å². The number of rotatable bonds is 3. The molecule has 0 saturated carbocycles. The molecule has 2 aliphatic rings. The van der Waals surface area contributed by atoms with Gasteiger partial charge in [-0.25, -0.2) is 4.79 Å². The van der Waals surface area contributed by atoms with Gasteiger partial charge in [-0.15, -0.1) is 6.42 Å². The Hall–Kier alpha value is -2.77. The van der Waals surface area contributed by atoms with Gasteiger partial charge >= 0.3 is 6.09 Å². The van der Waals surface area contributed by atoms with Gasteiger partial charge < -0.3 is 14.8 Å². The average Bonchev–Trinajstić information content (AvgIpc) is 3.23. The van der Waals surface area contributed by atoms with E-state index in [4.69, 9.17) is 15.9 Å². The molecule has 1 aliphatic heterocycles. The number of fused-ring (bicyclic) bond motifs is 3. The quantitative estimate of drug-likeness (QED) is 0.877. The zero-order valence-electron chi connectivity index (χ0n) is 13.8. The van der Waals surface area contributed by atoms with E-state index in [1.54, 1.807) is 0 Å². The summed E-state index contributed by atoms with van der Waals surface area (Å²) in [7, 11) is 0. The molecule has 25 heavy (non-hydrogen) atoms. The number of nitrogens with one attached hydrogen (secondary N) is 1. The maximum absolute atomic E-state index is 12.3. The smallest absolute Gasteiger partial charge is 0.408 e. The molecule has 1 aliphatic carbocycles. The minimum atomic E-state index is -0.747. The molecule has 126 valence electrons. The predicted octanol–water partition coefficient (Wildman–Crippen LogP) is 3.32. The summed E-state index contributed by atoms with van der Waals surface area (Å²) < 4.78 is 10.8. The van der Waals surface area contributed by atoms with Crippen LogP contribution in [-0.2, 0) is 9.47 Å². The molecule has 1 amide bonds. The first-order chi connectivity index (χ1) is 12.2. The lowest BCUT2D eigenvalue weighted by Crippen LogP contribution is -2.48. The summed E-state index contributed by atoms with van der Waals surface area (Å²) >= 11 is 0. The molecule has 1 N–H and O–H groups in total. The molecule has 4 heteroatoms. The van der Waals surface area contributed by atoms with Crippen molar-refractivity contribution in [2.75, 3.05) is 19.8 Å². The summed E-state index contributed by atoms with van der Waals surface area (Å²) in [6.45, 7) is 1.16. The fourth-order valence-electron chi connectivity index (χ4n) is 3.64. The molecule has 0 spiro atoms. The van der Waals surface area contributed by atoms with Crippen molar-refractivity contribution in [3.8, 4) is 23.5 Å². The minimum absolute atomic E-state index is 0.0414. The summed E-state index contributed by atoms with van der Waals surface area (Å²) in [5, 5.41) is 2.79. The van der Waals surface area contributed by atoms with Gasteiger partial charge in [-0.3, -0.25) is 0 Å². The second-order valence-corrected chi connectivity index (χ2v) is 6.48. The third-order valence-corrected chi connectivity index (χ3v) is 4.98. The van der Waals surface area contributed by atoms with E-state index in [9.17, 15) is 4.79 Å². The number of carbonyl (C=O) groups is 1. The van der Waals surface area contributed by atoms with Crippen molar-refractivity contribution >= 4 is 6.09 Å². The van der Waals surface area contributed by atoms with Crippen LogP contribution in [0.4, 0.5) is 4.79 Å². The van der Waals surface area contributed by atoms with Gasteiger partial charge in [0.05, 0.1) is 13.2 Å². The van der Waals surface area contributed by atoms with Crippen LogP contribution >= 0.6 is 0 Å². The van der Waals surface area contributed by atoms with E-state index in [1.807, 2.05) is 24.3 Å². The Balaban J connectivity index is 1.50. The van der Waals surface area contributed by atoms with Crippen molar-refractivity contribution in [2.24, 2.45) is 0 Å². The molecule has 2 aromatic rings. The maximum Gasteiger partial charge on any atom is 0.408 e. The summed E-state index contributed by atoms with van der Waals surface area (Å²) in [5.74, 6) is 2.67. The molecule has 4 rings (SSSR count). The molecule has 1 unspecified atom stereocenters. The molecule has 2 aromatic carbocycles. The van der Waals surface area contributed by atoms with Gasteiger partial charge in [0.1, 0.15) is 12.1 Å². The molecular formula is C21H19NO3. The number of ether oxygens (including phenoxy) is 2. The monoisotopic (exact) mass is 333 g/mol. The third kappa shape index (κ3) is 2.77. The first-order valence-electron chi connectivity index (χ1n) is 8.41. The fraction of sp³-hybridized carbons (Fsp3) is 0.286. The number of alkyl carbamates (subject to hydrolysis) is 1. The molecule has 4 nitrogen and oxygen atoms in total. The minimum Gasteiger partial charge on any atom is -0.449 e. The normalized spacial score (nSPS) is 21.2. The molecule has 1 fully saturated rings. The topological polar surface area (TPSA) is 47.6 Å². The van der Waals surface area contributed by atoms with Crippen molar-refractivity contribution in [3.05, 3.63) is 59.7 Å². The Morgan fingerprint density at radius 1 is 1.20 bits per heavy atom. The van der Waals surface area contributed by atoms with Crippen LogP contribution in [0.25, 0.3) is 11.1 Å². The van der Waals surface area contributed by atoms with Crippen LogP contribution in [-0.4, -0.2) is 31.5 Å². The summed E-state index contributed by atoms with van der Waals surface area (Å²) in [6, 6.07) is 16.5. The molecule has 0 radical (unpaired) electrons. The lowest BCUT2D eigenvalue weighted by molar-refractivity contribution is 0.129. The van der Waals surface area contributed by atoms with Gasteiger partial charge in [-0.1, -0.05) is 54.5 Å². The number of hydrogen-bond donors (Lipinski definition) is 1. The lowest BCUT2D eigenvalue weighted by atomic mass is 9.98. The number of amides is 1. The van der Waals surface area contributed by atoms with E-state index in [2.05, 4.69) is 35.5 Å². The Bertz CT molecular complexity index is 801. The summed E-state index contributed by atoms with van der Waals surface area (Å²) in [6.07, 6.45) is 5.67. The van der Waals surface area contributed by atoms with Gasteiger partial charge in [0, 0.05) is 12.3 Å². The molecule has 1 saturated heterocycles. The van der Waals surface area contributed by atoms with Crippen LogP contribution in [0.3, 0.4) is 0 Å². The number of hydrogen-bond acceptors (Lipinski definition) is 3. The molecule has 0 aromatic heterocycles. The van der Waals surface area contributed by atoms with Gasteiger partial charge in [0.15, 0.2) is 0 Å². The second kappa shape index (κ2) is 6.27. The number of benzene rings is 2. The van der Waals surface area contributed by atoms with Gasteiger partial charge in [-0.05, 0) is 22.3 Å². The van der Waals surface area contributed by atoms with E-state index >= 15 is 0 Å². The zero-order valence-corrected chi connectivity index (χ0v) is 13.8. The molecule has 1 heterocycles. The van der Waals surface area contributed by atoms with Crippen molar-refractivity contribution in [2.45, 2.75) is 17.9 Å². The summed E-state index contributed by atoms with van der Waals surface area (Å²) in [5.41, 5.74) is 4.04. The van der Waals surface area contributed by atoms with Gasteiger partial charge in [-0.2, -0.15) is 0 Å². The largest absolute Gasteiger partial charge is 0.449 e. The van der Waals surface area contributed by atoms with Crippen LogP contribution in [0.2, 0.25) is 0 Å². The van der Waals surface area contributed by atoms with E-state index < -0.39 is 11.6 Å². The van der Waals surface area contributed by atoms with Crippen molar-refractivity contribution in [1.82, 2.24) is 5.32 Å². The predicted molar refractivity (Wildman–Crippen MR) is 95.2 cm³/mol. The number of carbonyl (C=O) groups excluding carboxylic acids is 1. The third-order valence-electron chi connectivity index (χ3n) is 4.98. The second-order valence-electron chi connectivity index (χ2n) is 6.48. The zero-order chi connectivity index (χ0) is 17.3. The van der Waals surface area contributed by atoms with Crippen LogP contribution < -0.4 is 5.32 Å². The van der Waals surface area contributed by atoms with Gasteiger partial charge in [0.2, 0.25) is 0 Å². The highest BCUT2D eigenvalue weighted by molar-refractivity contribution is 5.79. The Labute approximate surface area is 147 Å². The highest BCUT2D eigenvalue weighted by atomic mass is 16.5. The SMILES string of the molecule is C#CC1(NC(=O)OCC2c3ccccc3-c3ccccc32)CCOC1. The molecule has 0 bridgehead atoms. The van der Waals surface area contributed by atoms with Crippen molar-refractivity contribution in [3.63, 3.8) is 0 Å². The van der Waals surface area contributed by atoms with Gasteiger partial charge in [0.25, 0.3) is 0 Å². The highest BCUT2D eigenvalue weighted by Gasteiger charge is 2.36. The Morgan fingerprint density at radius 2 is 1.84 bits per heavy atom. The van der Waals surface area contributed by atoms with E-state index in [0.29, 0.717) is 19.6 Å². The highest BCUT2D eigenvalue weighted by Crippen LogP contribution is 2.44. The van der Waals surface area contributed by atoms with Crippen molar-refractivity contribution in [1.29, 1.82) is 0 Å². The molecule has 1 atom stereocenters.